The van der Waals surface area contributed by atoms with Gasteiger partial charge in [-0.1, -0.05) is 60.7 Å². The van der Waals surface area contributed by atoms with E-state index in [-0.39, 0.29) is 12.5 Å². The topological polar surface area (TPSA) is 76.7 Å². The van der Waals surface area contributed by atoms with Gasteiger partial charge in [-0.15, -0.1) is 0 Å². The third-order valence-corrected chi connectivity index (χ3v) is 4.46. The Kier molecular flexibility index (Phi) is 7.44. The van der Waals surface area contributed by atoms with Crippen molar-refractivity contribution in [3.63, 3.8) is 0 Å². The lowest BCUT2D eigenvalue weighted by atomic mass is 10.1. The quantitative estimate of drug-likeness (QED) is 0.591. The molecule has 0 aromatic heterocycles. The summed E-state index contributed by atoms with van der Waals surface area (Å²) in [5.74, 6) is 0.358. The van der Waals surface area contributed by atoms with Gasteiger partial charge in [-0.2, -0.15) is 0 Å². The van der Waals surface area contributed by atoms with Gasteiger partial charge in [-0.25, -0.2) is 4.79 Å². The molecule has 0 saturated heterocycles. The van der Waals surface area contributed by atoms with Gasteiger partial charge in [-0.3, -0.25) is 4.79 Å². The van der Waals surface area contributed by atoms with Crippen molar-refractivity contribution in [1.82, 2.24) is 5.32 Å². The van der Waals surface area contributed by atoms with Crippen molar-refractivity contribution in [3.8, 4) is 5.75 Å². The van der Waals surface area contributed by atoms with Gasteiger partial charge >= 0.3 is 6.09 Å². The zero-order valence-corrected chi connectivity index (χ0v) is 16.7. The molecule has 1 unspecified atom stereocenters. The molecule has 3 aromatic rings. The van der Waals surface area contributed by atoms with E-state index in [1.165, 1.54) is 0 Å². The van der Waals surface area contributed by atoms with Crippen LogP contribution in [0.25, 0.3) is 0 Å². The van der Waals surface area contributed by atoms with E-state index in [4.69, 9.17) is 9.47 Å². The molecule has 0 radical (unpaired) electrons. The highest BCUT2D eigenvalue weighted by Crippen LogP contribution is 2.16. The van der Waals surface area contributed by atoms with Crippen molar-refractivity contribution in [2.75, 3.05) is 12.4 Å². The molecule has 2 amide bonds. The summed E-state index contributed by atoms with van der Waals surface area (Å²) in [7, 11) is 1.58. The minimum atomic E-state index is -0.794. The van der Waals surface area contributed by atoms with Gasteiger partial charge in [0.15, 0.2) is 0 Å². The summed E-state index contributed by atoms with van der Waals surface area (Å²) in [6.07, 6.45) is -0.312. The second-order valence-electron chi connectivity index (χ2n) is 6.67. The molecule has 154 valence electrons. The van der Waals surface area contributed by atoms with Crippen LogP contribution < -0.4 is 15.4 Å². The van der Waals surface area contributed by atoms with Gasteiger partial charge < -0.3 is 20.1 Å². The molecule has 1 atom stereocenters. The SMILES string of the molecule is COc1ccc(NC(=O)C(Cc2ccccc2)NC(=O)OCc2ccccc2)cc1. The number of carbonyl (C=O) groups is 2. The highest BCUT2D eigenvalue weighted by atomic mass is 16.5. The lowest BCUT2D eigenvalue weighted by Gasteiger charge is -2.19. The number of nitrogens with one attached hydrogen (secondary N) is 2. The monoisotopic (exact) mass is 404 g/mol. The van der Waals surface area contributed by atoms with Gasteiger partial charge in [-0.05, 0) is 35.4 Å². The zero-order chi connectivity index (χ0) is 21.2. The molecular weight excluding hydrogens is 380 g/mol. The highest BCUT2D eigenvalue weighted by Gasteiger charge is 2.22. The summed E-state index contributed by atoms with van der Waals surface area (Å²) in [5, 5.41) is 5.51. The molecule has 0 heterocycles. The number of hydrogen-bond acceptors (Lipinski definition) is 4. The predicted molar refractivity (Wildman–Crippen MR) is 115 cm³/mol. The first-order valence-electron chi connectivity index (χ1n) is 9.60. The van der Waals surface area contributed by atoms with Crippen molar-refractivity contribution in [2.45, 2.75) is 19.1 Å². The predicted octanol–water partition coefficient (Wildman–Crippen LogP) is 4.17. The first-order valence-corrected chi connectivity index (χ1v) is 9.60. The van der Waals surface area contributed by atoms with Crippen LogP contribution in [0.4, 0.5) is 10.5 Å². The summed E-state index contributed by atoms with van der Waals surface area (Å²) < 4.78 is 10.4. The fourth-order valence-electron chi connectivity index (χ4n) is 2.87. The summed E-state index contributed by atoms with van der Waals surface area (Å²) in [6, 6.07) is 25.1. The second-order valence-corrected chi connectivity index (χ2v) is 6.67. The first-order chi connectivity index (χ1) is 14.6. The van der Waals surface area contributed by atoms with E-state index >= 15 is 0 Å². The Morgan fingerprint density at radius 2 is 1.43 bits per heavy atom. The Morgan fingerprint density at radius 1 is 0.833 bits per heavy atom. The molecule has 0 aliphatic carbocycles. The molecule has 0 saturated carbocycles. The van der Waals surface area contributed by atoms with Crippen LogP contribution in [0.15, 0.2) is 84.9 Å². The Bertz CT molecular complexity index is 944. The number of methoxy groups -OCH3 is 1. The van der Waals surface area contributed by atoms with Crippen molar-refractivity contribution < 1.29 is 19.1 Å². The molecule has 0 spiro atoms. The maximum atomic E-state index is 12.9. The van der Waals surface area contributed by atoms with Crippen LogP contribution in [-0.2, 0) is 22.6 Å². The van der Waals surface area contributed by atoms with Gasteiger partial charge in [0, 0.05) is 12.1 Å². The molecule has 6 nitrogen and oxygen atoms in total. The number of rotatable bonds is 8. The molecule has 3 rings (SSSR count). The maximum absolute atomic E-state index is 12.9. The molecule has 0 aliphatic heterocycles. The van der Waals surface area contributed by atoms with E-state index in [2.05, 4.69) is 10.6 Å². The first kappa shape index (κ1) is 20.9. The second kappa shape index (κ2) is 10.7. The Morgan fingerprint density at radius 3 is 2.03 bits per heavy atom. The largest absolute Gasteiger partial charge is 0.497 e. The molecule has 0 bridgehead atoms. The minimum Gasteiger partial charge on any atom is -0.497 e. The van der Waals surface area contributed by atoms with Crippen LogP contribution >= 0.6 is 0 Å². The number of anilines is 1. The maximum Gasteiger partial charge on any atom is 0.408 e. The number of amides is 2. The van der Waals surface area contributed by atoms with E-state index in [1.807, 2.05) is 60.7 Å². The molecule has 6 heteroatoms. The summed E-state index contributed by atoms with van der Waals surface area (Å²) in [5.41, 5.74) is 2.41. The van der Waals surface area contributed by atoms with Gasteiger partial charge in [0.05, 0.1) is 7.11 Å². The van der Waals surface area contributed by atoms with Gasteiger partial charge in [0.2, 0.25) is 5.91 Å². The zero-order valence-electron chi connectivity index (χ0n) is 16.7. The molecular formula is C24H24N2O4. The lowest BCUT2D eigenvalue weighted by Crippen LogP contribution is -2.45. The third kappa shape index (κ3) is 6.38. The van der Waals surface area contributed by atoms with E-state index in [0.29, 0.717) is 17.9 Å². The van der Waals surface area contributed by atoms with Crippen molar-refractivity contribution in [1.29, 1.82) is 0 Å². The van der Waals surface area contributed by atoms with Gasteiger partial charge in [0.25, 0.3) is 0 Å². The van der Waals surface area contributed by atoms with E-state index in [1.54, 1.807) is 31.4 Å². The molecule has 0 fully saturated rings. The number of hydrogen-bond donors (Lipinski definition) is 2. The van der Waals surface area contributed by atoms with Crippen LogP contribution in [0.5, 0.6) is 5.75 Å². The van der Waals surface area contributed by atoms with Crippen LogP contribution in [0.3, 0.4) is 0 Å². The molecule has 2 N–H and O–H groups in total. The summed E-state index contributed by atoms with van der Waals surface area (Å²) in [4.78, 5) is 25.2. The summed E-state index contributed by atoms with van der Waals surface area (Å²) >= 11 is 0. The van der Waals surface area contributed by atoms with Crippen LogP contribution in [0.1, 0.15) is 11.1 Å². The van der Waals surface area contributed by atoms with Crippen molar-refractivity contribution in [2.24, 2.45) is 0 Å². The highest BCUT2D eigenvalue weighted by molar-refractivity contribution is 5.96. The Balaban J connectivity index is 1.65. The van der Waals surface area contributed by atoms with Crippen LogP contribution in [0, 0.1) is 0 Å². The van der Waals surface area contributed by atoms with Crippen LogP contribution in [-0.4, -0.2) is 25.2 Å². The normalized spacial score (nSPS) is 11.2. The van der Waals surface area contributed by atoms with E-state index < -0.39 is 12.1 Å². The summed E-state index contributed by atoms with van der Waals surface area (Å²) in [6.45, 7) is 0.130. The minimum absolute atomic E-state index is 0.130. The molecule has 0 aliphatic rings. The average Bonchev–Trinajstić information content (AvgIpc) is 2.79. The number of alkyl carbamates (subject to hydrolysis) is 1. The number of benzene rings is 3. The Labute approximate surface area is 175 Å². The number of ether oxygens (including phenoxy) is 2. The molecule has 3 aromatic carbocycles. The Hall–Kier alpha value is -3.80. The van der Waals surface area contributed by atoms with Crippen molar-refractivity contribution in [3.05, 3.63) is 96.1 Å². The van der Waals surface area contributed by atoms with Crippen LogP contribution in [0.2, 0.25) is 0 Å². The fourth-order valence-corrected chi connectivity index (χ4v) is 2.87. The van der Waals surface area contributed by atoms with E-state index in [0.717, 1.165) is 11.1 Å². The smallest absolute Gasteiger partial charge is 0.408 e. The average molecular weight is 404 g/mol. The fraction of sp³-hybridized carbons (Fsp3) is 0.167. The van der Waals surface area contributed by atoms with E-state index in [9.17, 15) is 9.59 Å². The van der Waals surface area contributed by atoms with Gasteiger partial charge in [0.1, 0.15) is 18.4 Å². The number of carbonyl (C=O) groups excluding carboxylic acids is 2. The lowest BCUT2D eigenvalue weighted by molar-refractivity contribution is -0.118. The standard InChI is InChI=1S/C24H24N2O4/c1-29-21-14-12-20(13-15-21)25-23(27)22(16-18-8-4-2-5-9-18)26-24(28)30-17-19-10-6-3-7-11-19/h2-15,22H,16-17H2,1H3,(H,25,27)(H,26,28). The molecule has 30 heavy (non-hydrogen) atoms. The van der Waals surface area contributed by atoms with Crippen molar-refractivity contribution >= 4 is 17.7 Å². The third-order valence-electron chi connectivity index (χ3n) is 4.46.